The molecule has 0 saturated carbocycles. The number of ether oxygens (including phenoxy) is 1. The molecule has 1 aromatic rings. The molecule has 0 amide bonds. The van der Waals surface area contributed by atoms with Gasteiger partial charge in [0, 0.05) is 19.2 Å². The lowest BCUT2D eigenvalue weighted by molar-refractivity contribution is -0.384. The first kappa shape index (κ1) is 17.4. The van der Waals surface area contributed by atoms with Gasteiger partial charge in [-0.15, -0.1) is 0 Å². The summed E-state index contributed by atoms with van der Waals surface area (Å²) in [7, 11) is 0. The van der Waals surface area contributed by atoms with Crippen molar-refractivity contribution in [1.82, 2.24) is 0 Å². The highest BCUT2D eigenvalue weighted by molar-refractivity contribution is 5.62. The molecule has 0 fully saturated rings. The third-order valence-corrected chi connectivity index (χ3v) is 3.09. The number of nitro benzene ring substituents is 1. The first-order valence-electron chi connectivity index (χ1n) is 7.42. The summed E-state index contributed by atoms with van der Waals surface area (Å²) in [5, 5.41) is 14.2. The number of anilines is 1. The summed E-state index contributed by atoms with van der Waals surface area (Å²) < 4.78 is 5.61. The first-order chi connectivity index (χ1) is 9.83. The summed E-state index contributed by atoms with van der Waals surface area (Å²) in [4.78, 5) is 10.8. The second kappa shape index (κ2) is 7.98. The van der Waals surface area contributed by atoms with E-state index in [4.69, 9.17) is 4.74 Å². The fraction of sp³-hybridized carbons (Fsp3) is 0.625. The summed E-state index contributed by atoms with van der Waals surface area (Å²) in [6.45, 7) is 10.3. The molecule has 118 valence electrons. The largest absolute Gasteiger partial charge is 0.380 e. The average Bonchev–Trinajstić information content (AvgIpc) is 2.40. The van der Waals surface area contributed by atoms with Gasteiger partial charge in [-0.1, -0.05) is 33.8 Å². The lowest BCUT2D eigenvalue weighted by Gasteiger charge is -2.17. The molecular weight excluding hydrogens is 268 g/mol. The minimum atomic E-state index is -0.351. The number of rotatable bonds is 8. The SMILES string of the molecule is CCCNc1ccc(COCCC(C)(C)C)cc1[N+](=O)[O-]. The van der Waals surface area contributed by atoms with Crippen LogP contribution in [0.25, 0.3) is 0 Å². The number of nitro groups is 1. The quantitative estimate of drug-likeness (QED) is 0.439. The molecule has 1 aromatic carbocycles. The smallest absolute Gasteiger partial charge is 0.292 e. The van der Waals surface area contributed by atoms with Crippen molar-refractivity contribution in [3.05, 3.63) is 33.9 Å². The molecule has 0 saturated heterocycles. The van der Waals surface area contributed by atoms with E-state index < -0.39 is 0 Å². The van der Waals surface area contributed by atoms with Crippen molar-refractivity contribution in [2.45, 2.75) is 47.1 Å². The van der Waals surface area contributed by atoms with Crippen molar-refractivity contribution < 1.29 is 9.66 Å². The van der Waals surface area contributed by atoms with E-state index in [2.05, 4.69) is 26.1 Å². The van der Waals surface area contributed by atoms with Crippen molar-refractivity contribution in [2.24, 2.45) is 5.41 Å². The zero-order valence-electron chi connectivity index (χ0n) is 13.4. The van der Waals surface area contributed by atoms with Crippen LogP contribution < -0.4 is 5.32 Å². The van der Waals surface area contributed by atoms with Crippen LogP contribution in [-0.4, -0.2) is 18.1 Å². The Balaban J connectivity index is 2.63. The van der Waals surface area contributed by atoms with Crippen molar-refractivity contribution in [3.63, 3.8) is 0 Å². The number of benzene rings is 1. The molecule has 0 unspecified atom stereocenters. The predicted molar refractivity (Wildman–Crippen MR) is 85.6 cm³/mol. The summed E-state index contributed by atoms with van der Waals surface area (Å²) in [6, 6.07) is 5.23. The number of nitrogens with zero attached hydrogens (tertiary/aromatic N) is 1. The van der Waals surface area contributed by atoms with Crippen LogP contribution in [0.1, 0.15) is 46.1 Å². The highest BCUT2D eigenvalue weighted by Gasteiger charge is 2.14. The molecule has 0 bridgehead atoms. The van der Waals surface area contributed by atoms with Crippen molar-refractivity contribution in [1.29, 1.82) is 0 Å². The van der Waals surface area contributed by atoms with Gasteiger partial charge in [-0.25, -0.2) is 0 Å². The highest BCUT2D eigenvalue weighted by atomic mass is 16.6. The molecule has 1 rings (SSSR count). The monoisotopic (exact) mass is 294 g/mol. The Labute approximate surface area is 126 Å². The lowest BCUT2D eigenvalue weighted by atomic mass is 9.93. The van der Waals surface area contributed by atoms with E-state index in [1.54, 1.807) is 12.1 Å². The Morgan fingerprint density at radius 3 is 2.62 bits per heavy atom. The molecular formula is C16H26N2O3. The summed E-state index contributed by atoms with van der Waals surface area (Å²) >= 11 is 0. The normalized spacial score (nSPS) is 11.4. The minimum Gasteiger partial charge on any atom is -0.380 e. The van der Waals surface area contributed by atoms with Gasteiger partial charge in [-0.05, 0) is 29.9 Å². The van der Waals surface area contributed by atoms with Gasteiger partial charge in [0.05, 0.1) is 11.5 Å². The first-order valence-corrected chi connectivity index (χ1v) is 7.42. The average molecular weight is 294 g/mol. The third kappa shape index (κ3) is 6.58. The van der Waals surface area contributed by atoms with Crippen LogP contribution in [0.5, 0.6) is 0 Å². The van der Waals surface area contributed by atoms with Gasteiger partial charge in [0.15, 0.2) is 0 Å². The Kier molecular flexibility index (Phi) is 6.62. The molecule has 0 aromatic heterocycles. The van der Waals surface area contributed by atoms with Gasteiger partial charge in [-0.2, -0.15) is 0 Å². The zero-order chi connectivity index (χ0) is 15.9. The van der Waals surface area contributed by atoms with Crippen LogP contribution in [0.4, 0.5) is 11.4 Å². The molecule has 0 radical (unpaired) electrons. The Morgan fingerprint density at radius 1 is 1.33 bits per heavy atom. The van der Waals surface area contributed by atoms with E-state index in [0.717, 1.165) is 24.9 Å². The topological polar surface area (TPSA) is 64.4 Å². The summed E-state index contributed by atoms with van der Waals surface area (Å²) in [5.41, 5.74) is 1.75. The van der Waals surface area contributed by atoms with Crippen molar-refractivity contribution in [3.8, 4) is 0 Å². The van der Waals surface area contributed by atoms with Gasteiger partial charge < -0.3 is 10.1 Å². The second-order valence-electron chi connectivity index (χ2n) is 6.40. The van der Waals surface area contributed by atoms with E-state index >= 15 is 0 Å². The van der Waals surface area contributed by atoms with E-state index in [-0.39, 0.29) is 16.0 Å². The predicted octanol–water partition coefficient (Wildman–Crippen LogP) is 4.37. The minimum absolute atomic E-state index is 0.111. The molecule has 5 heteroatoms. The van der Waals surface area contributed by atoms with E-state index in [1.165, 1.54) is 0 Å². The molecule has 0 aliphatic rings. The second-order valence-corrected chi connectivity index (χ2v) is 6.40. The molecule has 1 N–H and O–H groups in total. The maximum Gasteiger partial charge on any atom is 0.292 e. The molecule has 5 nitrogen and oxygen atoms in total. The van der Waals surface area contributed by atoms with Crippen LogP contribution in [0.3, 0.4) is 0 Å². The van der Waals surface area contributed by atoms with E-state index in [0.29, 0.717) is 18.9 Å². The van der Waals surface area contributed by atoms with Crippen LogP contribution in [0.15, 0.2) is 18.2 Å². The summed E-state index contributed by atoms with van der Waals surface area (Å²) in [6.07, 6.45) is 1.89. The molecule has 0 spiro atoms. The van der Waals surface area contributed by atoms with Crippen LogP contribution in [0.2, 0.25) is 0 Å². The Morgan fingerprint density at radius 2 is 2.05 bits per heavy atom. The maximum atomic E-state index is 11.1. The van der Waals surface area contributed by atoms with Gasteiger partial charge in [0.2, 0.25) is 0 Å². The van der Waals surface area contributed by atoms with Crippen molar-refractivity contribution >= 4 is 11.4 Å². The highest BCUT2D eigenvalue weighted by Crippen LogP contribution is 2.26. The van der Waals surface area contributed by atoms with E-state index in [1.807, 2.05) is 13.0 Å². The van der Waals surface area contributed by atoms with Crippen molar-refractivity contribution in [2.75, 3.05) is 18.5 Å². The standard InChI is InChI=1S/C16H26N2O3/c1-5-9-17-14-7-6-13(11-15(14)18(19)20)12-21-10-8-16(2,3)4/h6-7,11,17H,5,8-10,12H2,1-4H3. The van der Waals surface area contributed by atoms with Gasteiger partial charge in [0.1, 0.15) is 5.69 Å². The van der Waals surface area contributed by atoms with Crippen LogP contribution in [0, 0.1) is 15.5 Å². The molecule has 21 heavy (non-hydrogen) atoms. The number of hydrogen-bond donors (Lipinski definition) is 1. The van der Waals surface area contributed by atoms with Crippen LogP contribution >= 0.6 is 0 Å². The zero-order valence-corrected chi connectivity index (χ0v) is 13.4. The molecule has 0 aliphatic heterocycles. The Bertz CT molecular complexity index is 467. The van der Waals surface area contributed by atoms with E-state index in [9.17, 15) is 10.1 Å². The molecule has 0 heterocycles. The van der Waals surface area contributed by atoms with Gasteiger partial charge in [-0.3, -0.25) is 10.1 Å². The molecule has 0 atom stereocenters. The van der Waals surface area contributed by atoms with Gasteiger partial charge in [0.25, 0.3) is 5.69 Å². The maximum absolute atomic E-state index is 11.1. The number of hydrogen-bond acceptors (Lipinski definition) is 4. The third-order valence-electron chi connectivity index (χ3n) is 3.09. The fourth-order valence-corrected chi connectivity index (χ4v) is 1.80. The number of nitrogens with one attached hydrogen (secondary N) is 1. The summed E-state index contributed by atoms with van der Waals surface area (Å²) in [5.74, 6) is 0. The Hall–Kier alpha value is -1.62. The lowest BCUT2D eigenvalue weighted by Crippen LogP contribution is -2.09. The van der Waals surface area contributed by atoms with Crippen LogP contribution in [-0.2, 0) is 11.3 Å². The fourth-order valence-electron chi connectivity index (χ4n) is 1.80. The molecule has 0 aliphatic carbocycles. The van der Waals surface area contributed by atoms with Gasteiger partial charge >= 0.3 is 0 Å².